The normalized spacial score (nSPS) is 11.6. The topological polar surface area (TPSA) is 43.4 Å². The fraction of sp³-hybridized carbons (Fsp3) is 0.333. The zero-order valence-corrected chi connectivity index (χ0v) is 10.9. The summed E-state index contributed by atoms with van der Waals surface area (Å²) >= 11 is 0. The van der Waals surface area contributed by atoms with Crippen molar-refractivity contribution in [2.24, 2.45) is 0 Å². The van der Waals surface area contributed by atoms with Crippen LogP contribution in [0.1, 0.15) is 5.56 Å². The van der Waals surface area contributed by atoms with Gasteiger partial charge in [0.25, 0.3) is 10.1 Å². The molecule has 0 radical (unpaired) electrons. The fourth-order valence-electron chi connectivity index (χ4n) is 0.904. The number of hydrogen-bond acceptors (Lipinski definition) is 5. The fourth-order valence-corrected chi connectivity index (χ4v) is 2.91. The second-order valence-corrected chi connectivity index (χ2v) is 6.91. The van der Waals surface area contributed by atoms with Crippen LogP contribution in [0.25, 0.3) is 0 Å². The van der Waals surface area contributed by atoms with Crippen LogP contribution in [-0.4, -0.2) is 20.6 Å². The molecular formula is C9H12O3S3. The second kappa shape index (κ2) is 5.79. The summed E-state index contributed by atoms with van der Waals surface area (Å²) in [5.41, 5.74) is 1.02. The van der Waals surface area contributed by atoms with Crippen LogP contribution in [0, 0.1) is 6.92 Å². The van der Waals surface area contributed by atoms with Crippen LogP contribution in [0.3, 0.4) is 0 Å². The molecule has 0 heterocycles. The highest BCUT2D eigenvalue weighted by atomic mass is 33.1. The van der Waals surface area contributed by atoms with Gasteiger partial charge in [0.05, 0.1) is 4.90 Å². The van der Waals surface area contributed by atoms with Crippen LogP contribution >= 0.6 is 21.6 Å². The summed E-state index contributed by atoms with van der Waals surface area (Å²) in [6.07, 6.45) is 1.87. The van der Waals surface area contributed by atoms with E-state index in [1.54, 1.807) is 24.3 Å². The van der Waals surface area contributed by atoms with Gasteiger partial charge in [-0.25, -0.2) is 0 Å². The Labute approximate surface area is 98.1 Å². The quantitative estimate of drug-likeness (QED) is 0.354. The summed E-state index contributed by atoms with van der Waals surface area (Å²) in [7, 11) is -0.768. The summed E-state index contributed by atoms with van der Waals surface area (Å²) in [5.74, 6) is 0.136. The molecule has 0 saturated heterocycles. The van der Waals surface area contributed by atoms with E-state index in [2.05, 4.69) is 0 Å². The minimum Gasteiger partial charge on any atom is -0.255 e. The maximum atomic E-state index is 11.6. The molecule has 0 saturated carbocycles. The van der Waals surface area contributed by atoms with Gasteiger partial charge in [-0.15, -0.1) is 0 Å². The molecule has 1 rings (SSSR count). The van der Waals surface area contributed by atoms with E-state index in [1.807, 2.05) is 13.2 Å². The van der Waals surface area contributed by atoms with Gasteiger partial charge in [0.1, 0.15) is 5.94 Å². The maximum absolute atomic E-state index is 11.6. The van der Waals surface area contributed by atoms with E-state index in [0.717, 1.165) is 5.56 Å². The van der Waals surface area contributed by atoms with Gasteiger partial charge >= 0.3 is 0 Å². The Morgan fingerprint density at radius 3 is 2.40 bits per heavy atom. The molecule has 6 heteroatoms. The second-order valence-electron chi connectivity index (χ2n) is 2.79. The van der Waals surface area contributed by atoms with Gasteiger partial charge in [0.2, 0.25) is 0 Å². The van der Waals surface area contributed by atoms with E-state index in [-0.39, 0.29) is 10.8 Å². The number of aryl methyl sites for hydroxylation is 1. The summed E-state index contributed by atoms with van der Waals surface area (Å²) < 4.78 is 28.0. The van der Waals surface area contributed by atoms with Crippen LogP contribution in [0.15, 0.2) is 29.2 Å². The summed E-state index contributed by atoms with van der Waals surface area (Å²) in [5, 5.41) is 0. The minimum absolute atomic E-state index is 0.136. The lowest BCUT2D eigenvalue weighted by Crippen LogP contribution is -2.05. The zero-order chi connectivity index (χ0) is 11.3. The molecule has 84 valence electrons. The van der Waals surface area contributed by atoms with Crippen molar-refractivity contribution in [1.29, 1.82) is 0 Å². The molecule has 0 atom stereocenters. The molecule has 0 bridgehead atoms. The number of benzene rings is 1. The number of rotatable bonds is 5. The van der Waals surface area contributed by atoms with Crippen LogP contribution in [-0.2, 0) is 14.3 Å². The maximum Gasteiger partial charge on any atom is 0.297 e. The van der Waals surface area contributed by atoms with Gasteiger partial charge in [-0.3, -0.25) is 4.18 Å². The van der Waals surface area contributed by atoms with E-state index in [4.69, 9.17) is 4.18 Å². The Morgan fingerprint density at radius 1 is 1.27 bits per heavy atom. The smallest absolute Gasteiger partial charge is 0.255 e. The molecule has 0 aliphatic rings. The van der Waals surface area contributed by atoms with Gasteiger partial charge in [-0.1, -0.05) is 39.3 Å². The zero-order valence-electron chi connectivity index (χ0n) is 8.47. The molecule has 0 N–H and O–H groups in total. The third-order valence-corrected chi connectivity index (χ3v) is 4.55. The third-order valence-electron chi connectivity index (χ3n) is 1.68. The summed E-state index contributed by atoms with van der Waals surface area (Å²) in [6.45, 7) is 1.90. The molecule has 0 aliphatic heterocycles. The predicted octanol–water partition coefficient (Wildman–Crippen LogP) is 2.67. The standard InChI is InChI=1S/C9H12O3S3/c1-8-3-5-9(6-4-8)15(10,11)12-7-14-13-2/h3-6H,7H2,1-2H3. The Morgan fingerprint density at radius 2 is 1.87 bits per heavy atom. The lowest BCUT2D eigenvalue weighted by molar-refractivity contribution is 0.382. The first-order valence-electron chi connectivity index (χ1n) is 4.18. The molecule has 0 aromatic heterocycles. The first-order valence-corrected chi connectivity index (χ1v) is 8.31. The highest BCUT2D eigenvalue weighted by Crippen LogP contribution is 2.20. The van der Waals surface area contributed by atoms with E-state index >= 15 is 0 Å². The lowest BCUT2D eigenvalue weighted by atomic mass is 10.2. The van der Waals surface area contributed by atoms with Crippen molar-refractivity contribution in [2.75, 3.05) is 12.2 Å². The highest BCUT2D eigenvalue weighted by molar-refractivity contribution is 8.76. The minimum atomic E-state index is -3.58. The van der Waals surface area contributed by atoms with Crippen molar-refractivity contribution in [3.63, 3.8) is 0 Å². The van der Waals surface area contributed by atoms with Crippen molar-refractivity contribution in [2.45, 2.75) is 11.8 Å². The van der Waals surface area contributed by atoms with Crippen molar-refractivity contribution in [3.05, 3.63) is 29.8 Å². The Balaban J connectivity index is 2.73. The molecule has 0 amide bonds. The monoisotopic (exact) mass is 264 g/mol. The van der Waals surface area contributed by atoms with Gasteiger partial charge in [0, 0.05) is 0 Å². The first-order chi connectivity index (χ1) is 7.06. The predicted molar refractivity (Wildman–Crippen MR) is 65.4 cm³/mol. The Hall–Kier alpha value is -0.170. The van der Waals surface area contributed by atoms with Crippen LogP contribution in [0.4, 0.5) is 0 Å². The van der Waals surface area contributed by atoms with E-state index in [9.17, 15) is 8.42 Å². The average molecular weight is 264 g/mol. The molecular weight excluding hydrogens is 252 g/mol. The van der Waals surface area contributed by atoms with Crippen LogP contribution < -0.4 is 0 Å². The van der Waals surface area contributed by atoms with E-state index in [1.165, 1.54) is 21.6 Å². The van der Waals surface area contributed by atoms with Gasteiger partial charge < -0.3 is 0 Å². The third kappa shape index (κ3) is 4.06. The van der Waals surface area contributed by atoms with Crippen LogP contribution in [0.2, 0.25) is 0 Å². The average Bonchev–Trinajstić information content (AvgIpc) is 2.18. The van der Waals surface area contributed by atoms with Crippen LogP contribution in [0.5, 0.6) is 0 Å². The van der Waals surface area contributed by atoms with Crippen molar-refractivity contribution < 1.29 is 12.6 Å². The molecule has 1 aromatic carbocycles. The SMILES string of the molecule is CSSCOS(=O)(=O)c1ccc(C)cc1. The molecule has 0 fully saturated rings. The summed E-state index contributed by atoms with van der Waals surface area (Å²) in [6, 6.07) is 6.60. The van der Waals surface area contributed by atoms with Crippen molar-refractivity contribution >= 4 is 31.7 Å². The van der Waals surface area contributed by atoms with E-state index in [0.29, 0.717) is 0 Å². The van der Waals surface area contributed by atoms with E-state index < -0.39 is 10.1 Å². The van der Waals surface area contributed by atoms with Gasteiger partial charge in [0.15, 0.2) is 0 Å². The molecule has 0 spiro atoms. The van der Waals surface area contributed by atoms with Gasteiger partial charge in [-0.2, -0.15) is 8.42 Å². The van der Waals surface area contributed by atoms with Gasteiger partial charge in [-0.05, 0) is 25.3 Å². The molecule has 15 heavy (non-hydrogen) atoms. The molecule has 0 unspecified atom stereocenters. The summed E-state index contributed by atoms with van der Waals surface area (Å²) in [4.78, 5) is 0.204. The molecule has 3 nitrogen and oxygen atoms in total. The molecule has 0 aliphatic carbocycles. The lowest BCUT2D eigenvalue weighted by Gasteiger charge is -2.04. The van der Waals surface area contributed by atoms with Crippen molar-refractivity contribution in [1.82, 2.24) is 0 Å². The van der Waals surface area contributed by atoms with Crippen molar-refractivity contribution in [3.8, 4) is 0 Å². The first kappa shape index (κ1) is 12.9. The largest absolute Gasteiger partial charge is 0.297 e. The highest BCUT2D eigenvalue weighted by Gasteiger charge is 2.14. The Bertz CT molecular complexity index is 397. The number of hydrogen-bond donors (Lipinski definition) is 0. The Kier molecular flexibility index (Phi) is 4.98. The molecule has 1 aromatic rings.